The highest BCUT2D eigenvalue weighted by atomic mass is 19.4. The Morgan fingerprint density at radius 1 is 1.10 bits per heavy atom. The number of hydrogen-bond donors (Lipinski definition) is 1. The fraction of sp³-hybridized carbons (Fsp3) is 0.500. The van der Waals surface area contributed by atoms with Crippen LogP contribution in [-0.4, -0.2) is 17.3 Å². The maximum absolute atomic E-state index is 13.4. The van der Waals surface area contributed by atoms with E-state index in [1.54, 1.807) is 0 Å². The molecule has 2 nitrogen and oxygen atoms in total. The van der Waals surface area contributed by atoms with Gasteiger partial charge in [0.1, 0.15) is 5.82 Å². The van der Waals surface area contributed by atoms with E-state index in [1.165, 1.54) is 19.3 Å². The molecule has 0 saturated carbocycles. The second kappa shape index (κ2) is 7.95. The number of aliphatic carboxylic acids is 1. The van der Waals surface area contributed by atoms with Gasteiger partial charge in [0.15, 0.2) is 0 Å². The van der Waals surface area contributed by atoms with E-state index < -0.39 is 29.2 Å². The number of halogens is 5. The van der Waals surface area contributed by atoms with Crippen molar-refractivity contribution >= 4 is 5.97 Å². The maximum atomic E-state index is 13.4. The summed E-state index contributed by atoms with van der Waals surface area (Å²) in [7, 11) is 0. The van der Waals surface area contributed by atoms with Gasteiger partial charge in [0.05, 0.1) is 0 Å². The molecule has 21 heavy (non-hydrogen) atoms. The highest BCUT2D eigenvalue weighted by Crippen LogP contribution is 2.43. The summed E-state index contributed by atoms with van der Waals surface area (Å²) in [6.07, 6.45) is -1.66. The zero-order valence-corrected chi connectivity index (χ0v) is 11.7. The molecule has 0 bridgehead atoms. The molecule has 0 radical (unpaired) electrons. The summed E-state index contributed by atoms with van der Waals surface area (Å²) in [4.78, 5) is 10.4. The van der Waals surface area contributed by atoms with Gasteiger partial charge in [-0.3, -0.25) is 0 Å². The van der Waals surface area contributed by atoms with Gasteiger partial charge in [0, 0.05) is 5.56 Å². The van der Waals surface area contributed by atoms with E-state index in [-0.39, 0.29) is 0 Å². The number of carboxylic acids is 1. The van der Waals surface area contributed by atoms with E-state index in [0.717, 1.165) is 12.1 Å². The molecule has 0 aliphatic heterocycles. The fourth-order valence-electron chi connectivity index (χ4n) is 1.48. The van der Waals surface area contributed by atoms with E-state index in [9.17, 15) is 26.7 Å². The lowest BCUT2D eigenvalue weighted by Gasteiger charge is -2.24. The van der Waals surface area contributed by atoms with Crippen molar-refractivity contribution in [2.24, 2.45) is 0 Å². The Kier molecular flexibility index (Phi) is 7.32. The first kappa shape index (κ1) is 19.3. The van der Waals surface area contributed by atoms with Crippen LogP contribution in [0.15, 0.2) is 24.3 Å². The van der Waals surface area contributed by atoms with Crippen LogP contribution in [0.25, 0.3) is 0 Å². The highest BCUT2D eigenvalue weighted by Gasteiger charge is 2.64. The van der Waals surface area contributed by atoms with Crippen molar-refractivity contribution in [3.63, 3.8) is 0 Å². The highest BCUT2D eigenvalue weighted by molar-refractivity contribution is 5.80. The average Bonchev–Trinajstić information content (AvgIpc) is 2.38. The van der Waals surface area contributed by atoms with Crippen molar-refractivity contribution in [3.05, 3.63) is 35.6 Å². The summed E-state index contributed by atoms with van der Waals surface area (Å²) in [5.41, 5.74) is -6.30. The number of carboxylic acid groups (broad SMARTS) is 1. The second-order valence-corrected chi connectivity index (χ2v) is 4.29. The molecule has 1 rings (SSSR count). The first-order chi connectivity index (χ1) is 9.62. The average molecular weight is 312 g/mol. The van der Waals surface area contributed by atoms with E-state index in [1.807, 2.05) is 0 Å². The minimum atomic E-state index is -5.74. The fourth-order valence-corrected chi connectivity index (χ4v) is 1.48. The molecule has 0 heterocycles. The van der Waals surface area contributed by atoms with Crippen LogP contribution < -0.4 is 0 Å². The molecule has 0 aliphatic rings. The third kappa shape index (κ3) is 4.68. The Hall–Kier alpha value is -1.66. The maximum Gasteiger partial charge on any atom is 0.438 e. The SMILES string of the molecule is CCCCC.O=C(O)C(F)(c1ccccc1F)C(F)(F)F. The lowest BCUT2D eigenvalue weighted by Crippen LogP contribution is -2.46. The number of carbonyl (C=O) groups is 1. The van der Waals surface area contributed by atoms with E-state index in [0.29, 0.717) is 12.1 Å². The van der Waals surface area contributed by atoms with Crippen LogP contribution in [0.1, 0.15) is 38.7 Å². The normalized spacial score (nSPS) is 13.9. The van der Waals surface area contributed by atoms with Crippen LogP contribution in [0.5, 0.6) is 0 Å². The predicted octanol–water partition coefficient (Wildman–Crippen LogP) is 4.83. The second-order valence-electron chi connectivity index (χ2n) is 4.29. The van der Waals surface area contributed by atoms with Gasteiger partial charge in [-0.25, -0.2) is 13.6 Å². The Bertz CT molecular complexity index is 457. The van der Waals surface area contributed by atoms with E-state index in [2.05, 4.69) is 13.8 Å². The van der Waals surface area contributed by atoms with Gasteiger partial charge in [-0.05, 0) is 6.07 Å². The topological polar surface area (TPSA) is 37.3 Å². The van der Waals surface area contributed by atoms with Gasteiger partial charge in [-0.2, -0.15) is 13.2 Å². The number of alkyl halides is 4. The zero-order chi connectivity index (χ0) is 16.7. The minimum absolute atomic E-state index is 0.441. The molecule has 120 valence electrons. The number of hydrogen-bond acceptors (Lipinski definition) is 1. The summed E-state index contributed by atoms with van der Waals surface area (Å²) in [5.74, 6) is -4.37. The van der Waals surface area contributed by atoms with Crippen LogP contribution in [0.3, 0.4) is 0 Å². The van der Waals surface area contributed by atoms with Crippen molar-refractivity contribution in [2.75, 3.05) is 0 Å². The number of unbranched alkanes of at least 4 members (excludes halogenated alkanes) is 2. The minimum Gasteiger partial charge on any atom is -0.478 e. The number of benzene rings is 1. The first-order valence-corrected chi connectivity index (χ1v) is 6.36. The lowest BCUT2D eigenvalue weighted by atomic mass is 9.94. The monoisotopic (exact) mass is 312 g/mol. The standard InChI is InChI=1S/C9H5F5O2.C5H12/c10-6-4-2-1-3-5(6)8(11,7(15)16)9(12,13)14;1-3-5-4-2/h1-4H,(H,15,16);3-5H2,1-2H3. The third-order valence-corrected chi connectivity index (χ3v) is 2.64. The van der Waals surface area contributed by atoms with Gasteiger partial charge in [-0.1, -0.05) is 51.3 Å². The van der Waals surface area contributed by atoms with Crippen molar-refractivity contribution in [1.82, 2.24) is 0 Å². The molecule has 1 aromatic carbocycles. The quantitative estimate of drug-likeness (QED) is 0.808. The first-order valence-electron chi connectivity index (χ1n) is 6.36. The number of rotatable bonds is 4. The molecule has 7 heteroatoms. The summed E-state index contributed by atoms with van der Waals surface area (Å²) in [6, 6.07) is 2.94. The van der Waals surface area contributed by atoms with Gasteiger partial charge in [0.2, 0.25) is 0 Å². The predicted molar refractivity (Wildman–Crippen MR) is 68.1 cm³/mol. The Labute approximate surface area is 119 Å². The smallest absolute Gasteiger partial charge is 0.438 e. The molecule has 1 aromatic rings. The molecule has 0 fully saturated rings. The van der Waals surface area contributed by atoms with Crippen LogP contribution in [-0.2, 0) is 10.5 Å². The van der Waals surface area contributed by atoms with Gasteiger partial charge in [0.25, 0.3) is 0 Å². The Balaban J connectivity index is 0.000000690. The summed E-state index contributed by atoms with van der Waals surface area (Å²) in [6.45, 7) is 4.42. The van der Waals surface area contributed by atoms with Crippen LogP contribution >= 0.6 is 0 Å². The van der Waals surface area contributed by atoms with Crippen molar-refractivity contribution < 1.29 is 31.9 Å². The summed E-state index contributed by atoms with van der Waals surface area (Å²) in [5, 5.41) is 8.28. The molecular weight excluding hydrogens is 295 g/mol. The van der Waals surface area contributed by atoms with Crippen molar-refractivity contribution in [1.29, 1.82) is 0 Å². The van der Waals surface area contributed by atoms with Crippen molar-refractivity contribution in [2.45, 2.75) is 45.0 Å². The summed E-state index contributed by atoms with van der Waals surface area (Å²) < 4.78 is 63.3. The molecule has 0 spiro atoms. The van der Waals surface area contributed by atoms with Crippen LogP contribution in [0.4, 0.5) is 22.0 Å². The molecule has 1 N–H and O–H groups in total. The van der Waals surface area contributed by atoms with E-state index >= 15 is 0 Å². The van der Waals surface area contributed by atoms with E-state index in [4.69, 9.17) is 5.11 Å². The Morgan fingerprint density at radius 2 is 1.57 bits per heavy atom. The third-order valence-electron chi connectivity index (χ3n) is 2.64. The molecule has 0 saturated heterocycles. The molecule has 1 unspecified atom stereocenters. The zero-order valence-electron chi connectivity index (χ0n) is 11.7. The van der Waals surface area contributed by atoms with Crippen LogP contribution in [0, 0.1) is 5.82 Å². The van der Waals surface area contributed by atoms with Gasteiger partial charge >= 0.3 is 17.8 Å². The van der Waals surface area contributed by atoms with Gasteiger partial charge < -0.3 is 5.11 Å². The lowest BCUT2D eigenvalue weighted by molar-refractivity contribution is -0.241. The van der Waals surface area contributed by atoms with Gasteiger partial charge in [-0.15, -0.1) is 0 Å². The molecule has 1 atom stereocenters. The van der Waals surface area contributed by atoms with Crippen LogP contribution in [0.2, 0.25) is 0 Å². The Morgan fingerprint density at radius 3 is 1.86 bits per heavy atom. The molecule has 0 amide bonds. The molecule has 0 aromatic heterocycles. The molecule has 0 aliphatic carbocycles. The summed E-state index contributed by atoms with van der Waals surface area (Å²) >= 11 is 0. The largest absolute Gasteiger partial charge is 0.478 e. The van der Waals surface area contributed by atoms with Crippen molar-refractivity contribution in [3.8, 4) is 0 Å². The molecular formula is C14H17F5O2.